The van der Waals surface area contributed by atoms with Crippen molar-refractivity contribution in [3.05, 3.63) is 29.8 Å². The second kappa shape index (κ2) is 7.13. The van der Waals surface area contributed by atoms with E-state index >= 15 is 0 Å². The quantitative estimate of drug-likeness (QED) is 0.901. The largest absolute Gasteiger partial charge is 0.310 e. The number of rotatable bonds is 5. The predicted octanol–water partition coefficient (Wildman–Crippen LogP) is 2.31. The highest BCUT2D eigenvalue weighted by Crippen LogP contribution is 2.24. The Labute approximate surface area is 132 Å². The molecule has 1 atom stereocenters. The fraction of sp³-hybridized carbons (Fsp3) is 0.600. The van der Waals surface area contributed by atoms with Gasteiger partial charge >= 0.3 is 0 Å². The minimum absolute atomic E-state index is 0.364. The summed E-state index contributed by atoms with van der Waals surface area (Å²) >= 11 is 1.83. The van der Waals surface area contributed by atoms with Gasteiger partial charge in [-0.1, -0.05) is 32.9 Å². The molecule has 1 aliphatic heterocycles. The fourth-order valence-corrected chi connectivity index (χ4v) is 5.01. The number of thioether (sulfide) groups is 1. The Morgan fingerprint density at radius 2 is 2.00 bits per heavy atom. The maximum absolute atomic E-state index is 12.6. The number of hydrogen-bond donors (Lipinski definition) is 1. The molecule has 1 unspecified atom stereocenters. The summed E-state index contributed by atoms with van der Waals surface area (Å²) in [5.41, 5.74) is 1.10. The van der Waals surface area contributed by atoms with Crippen molar-refractivity contribution in [3.63, 3.8) is 0 Å². The lowest BCUT2D eigenvalue weighted by atomic mass is 10.2. The number of hydrogen-bond acceptors (Lipinski definition) is 4. The molecule has 1 aromatic rings. The lowest BCUT2D eigenvalue weighted by molar-refractivity contribution is 0.424. The van der Waals surface area contributed by atoms with E-state index in [1.807, 2.05) is 23.9 Å². The highest BCUT2D eigenvalue weighted by Gasteiger charge is 2.28. The third-order valence-electron chi connectivity index (χ3n) is 3.48. The smallest absolute Gasteiger partial charge is 0.243 e. The average Bonchev–Trinajstić information content (AvgIpc) is 2.45. The van der Waals surface area contributed by atoms with E-state index in [4.69, 9.17) is 0 Å². The van der Waals surface area contributed by atoms with E-state index in [2.05, 4.69) is 26.1 Å². The second-order valence-corrected chi connectivity index (χ2v) is 9.21. The lowest BCUT2D eigenvalue weighted by Crippen LogP contribution is -2.40. The molecule has 6 heteroatoms. The average molecular weight is 329 g/mol. The van der Waals surface area contributed by atoms with Gasteiger partial charge < -0.3 is 5.32 Å². The summed E-state index contributed by atoms with van der Waals surface area (Å²) in [6, 6.07) is 7.65. The van der Waals surface area contributed by atoms with Gasteiger partial charge in [-0.3, -0.25) is 0 Å². The Morgan fingerprint density at radius 1 is 1.33 bits per heavy atom. The Bertz CT molecular complexity index is 556. The fourth-order valence-electron chi connectivity index (χ4n) is 2.26. The molecule has 1 aromatic carbocycles. The number of nitrogens with zero attached hydrogens (tertiary/aromatic N) is 1. The molecule has 0 aliphatic carbocycles. The molecule has 0 bridgehead atoms. The zero-order chi connectivity index (χ0) is 15.5. The Morgan fingerprint density at radius 3 is 2.57 bits per heavy atom. The van der Waals surface area contributed by atoms with E-state index in [9.17, 15) is 8.42 Å². The summed E-state index contributed by atoms with van der Waals surface area (Å²) < 4.78 is 26.8. The highest BCUT2D eigenvalue weighted by molar-refractivity contribution is 8.00. The summed E-state index contributed by atoms with van der Waals surface area (Å²) in [4.78, 5) is 0.398. The molecule has 1 aliphatic rings. The van der Waals surface area contributed by atoms with Crippen LogP contribution >= 0.6 is 11.8 Å². The normalized spacial score (nSPS) is 20.9. The van der Waals surface area contributed by atoms with E-state index in [1.165, 1.54) is 0 Å². The molecular formula is C15H24N2O2S2. The van der Waals surface area contributed by atoms with Crippen LogP contribution in [-0.2, 0) is 16.6 Å². The minimum atomic E-state index is -3.34. The van der Waals surface area contributed by atoms with Gasteiger partial charge in [-0.2, -0.15) is 16.1 Å². The molecule has 1 saturated heterocycles. The molecule has 0 amide bonds. The van der Waals surface area contributed by atoms with Gasteiger partial charge in [0, 0.05) is 36.7 Å². The first kappa shape index (κ1) is 16.8. The van der Waals surface area contributed by atoms with E-state index in [0.717, 1.165) is 17.9 Å². The first-order valence-corrected chi connectivity index (χ1v) is 9.82. The van der Waals surface area contributed by atoms with Crippen LogP contribution in [0.25, 0.3) is 0 Å². The van der Waals surface area contributed by atoms with Gasteiger partial charge in [0.15, 0.2) is 0 Å². The summed E-state index contributed by atoms with van der Waals surface area (Å²) in [7, 11) is -3.34. The van der Waals surface area contributed by atoms with E-state index in [-0.39, 0.29) is 0 Å². The summed E-state index contributed by atoms with van der Waals surface area (Å²) in [6.07, 6.45) is 0. The Balaban J connectivity index is 2.09. The van der Waals surface area contributed by atoms with Crippen LogP contribution in [0.3, 0.4) is 0 Å². The van der Waals surface area contributed by atoms with Crippen molar-refractivity contribution in [1.82, 2.24) is 9.62 Å². The Hall–Kier alpha value is -0.560. The van der Waals surface area contributed by atoms with E-state index < -0.39 is 10.0 Å². The zero-order valence-corrected chi connectivity index (χ0v) is 14.5. The maximum atomic E-state index is 12.6. The van der Waals surface area contributed by atoms with Gasteiger partial charge in [-0.25, -0.2) is 8.42 Å². The zero-order valence-electron chi connectivity index (χ0n) is 12.9. The molecule has 2 rings (SSSR count). The van der Waals surface area contributed by atoms with Gasteiger partial charge in [-0.05, 0) is 17.7 Å². The monoisotopic (exact) mass is 328 g/mol. The van der Waals surface area contributed by atoms with Crippen LogP contribution < -0.4 is 5.32 Å². The van der Waals surface area contributed by atoms with Gasteiger partial charge in [0.25, 0.3) is 0 Å². The van der Waals surface area contributed by atoms with Crippen LogP contribution in [0.4, 0.5) is 0 Å². The molecule has 118 valence electrons. The molecule has 4 nitrogen and oxygen atoms in total. The van der Waals surface area contributed by atoms with Crippen LogP contribution in [0, 0.1) is 0 Å². The van der Waals surface area contributed by atoms with Crippen LogP contribution in [-0.4, -0.2) is 42.9 Å². The molecule has 0 spiro atoms. The molecular weight excluding hydrogens is 304 g/mol. The first-order chi connectivity index (χ1) is 9.89. The van der Waals surface area contributed by atoms with Gasteiger partial charge in [0.05, 0.1) is 4.90 Å². The molecule has 0 aromatic heterocycles. The van der Waals surface area contributed by atoms with Gasteiger partial charge in [-0.15, -0.1) is 0 Å². The third kappa shape index (κ3) is 4.45. The summed E-state index contributed by atoms with van der Waals surface area (Å²) in [5.74, 6) is 0.872. The van der Waals surface area contributed by atoms with Gasteiger partial charge in [0.2, 0.25) is 10.0 Å². The van der Waals surface area contributed by atoms with E-state index in [0.29, 0.717) is 29.3 Å². The van der Waals surface area contributed by atoms with Crippen molar-refractivity contribution in [2.75, 3.05) is 18.8 Å². The molecule has 1 heterocycles. The molecule has 0 radical (unpaired) electrons. The summed E-state index contributed by atoms with van der Waals surface area (Å²) in [6.45, 7) is 8.22. The molecule has 1 fully saturated rings. The lowest BCUT2D eigenvalue weighted by Gasteiger charge is -2.29. The van der Waals surface area contributed by atoms with Crippen LogP contribution in [0.1, 0.15) is 26.3 Å². The van der Waals surface area contributed by atoms with Crippen molar-refractivity contribution in [2.45, 2.75) is 43.5 Å². The van der Waals surface area contributed by atoms with E-state index in [1.54, 1.807) is 16.4 Å². The third-order valence-corrected chi connectivity index (χ3v) is 6.50. The number of nitrogens with one attached hydrogen (secondary N) is 1. The first-order valence-electron chi connectivity index (χ1n) is 7.33. The van der Waals surface area contributed by atoms with Crippen molar-refractivity contribution in [3.8, 4) is 0 Å². The molecule has 0 saturated carbocycles. The summed E-state index contributed by atoms with van der Waals surface area (Å²) in [5, 5.41) is 3.69. The van der Waals surface area contributed by atoms with Crippen molar-refractivity contribution >= 4 is 21.8 Å². The maximum Gasteiger partial charge on any atom is 0.243 e. The number of benzene rings is 1. The SMILES string of the molecule is CC(C)NCc1ccc(S(=O)(=O)N2CCSC(C)C2)cc1. The van der Waals surface area contributed by atoms with Crippen LogP contribution in [0.5, 0.6) is 0 Å². The van der Waals surface area contributed by atoms with Crippen LogP contribution in [0.15, 0.2) is 29.2 Å². The van der Waals surface area contributed by atoms with Crippen molar-refractivity contribution < 1.29 is 8.42 Å². The molecule has 1 N–H and O–H groups in total. The minimum Gasteiger partial charge on any atom is -0.310 e. The van der Waals surface area contributed by atoms with Crippen molar-refractivity contribution in [1.29, 1.82) is 0 Å². The van der Waals surface area contributed by atoms with Crippen LogP contribution in [0.2, 0.25) is 0 Å². The topological polar surface area (TPSA) is 49.4 Å². The Kier molecular flexibility index (Phi) is 5.71. The molecule has 21 heavy (non-hydrogen) atoms. The predicted molar refractivity (Wildman–Crippen MR) is 89.1 cm³/mol. The number of sulfonamides is 1. The highest BCUT2D eigenvalue weighted by atomic mass is 32.2. The standard InChI is InChI=1S/C15H24N2O2S2/c1-12(2)16-10-14-4-6-15(7-5-14)21(18,19)17-8-9-20-13(3)11-17/h4-7,12-13,16H,8-11H2,1-3H3. The second-order valence-electron chi connectivity index (χ2n) is 5.72. The van der Waals surface area contributed by atoms with Gasteiger partial charge in [0.1, 0.15) is 0 Å². The van der Waals surface area contributed by atoms with Crippen molar-refractivity contribution in [2.24, 2.45) is 0 Å².